The maximum atomic E-state index is 12.1. The lowest BCUT2D eigenvalue weighted by molar-refractivity contribution is -0.136. The minimum Gasteiger partial charge on any atom is -0.466 e. The summed E-state index contributed by atoms with van der Waals surface area (Å²) in [5.74, 6) is -0.371. The fraction of sp³-hybridized carbons (Fsp3) is 0.667. The van der Waals surface area contributed by atoms with Crippen molar-refractivity contribution in [2.24, 2.45) is 0 Å². The summed E-state index contributed by atoms with van der Waals surface area (Å²) in [6, 6.07) is 0.503. The fourth-order valence-corrected chi connectivity index (χ4v) is 3.33. The predicted octanol–water partition coefficient (Wildman–Crippen LogP) is 4.25. The van der Waals surface area contributed by atoms with E-state index in [0.717, 1.165) is 5.69 Å². The third-order valence-electron chi connectivity index (χ3n) is 4.68. The molecule has 2 rings (SSSR count). The first-order valence-electron chi connectivity index (χ1n) is 10.1. The molecule has 1 aliphatic carbocycles. The summed E-state index contributed by atoms with van der Waals surface area (Å²) in [5.41, 5.74) is 0.770. The summed E-state index contributed by atoms with van der Waals surface area (Å²) in [7, 11) is 1.37. The fourth-order valence-electron chi connectivity index (χ4n) is 3.33. The SMILES string of the molecule is COC(=O)/C(=C/c1cn(C2CCCCC2)cn1)CCCNC(=O)OC(C)(C)C. The first-order chi connectivity index (χ1) is 13.3. The largest absolute Gasteiger partial charge is 0.466 e. The Morgan fingerprint density at radius 3 is 2.64 bits per heavy atom. The van der Waals surface area contributed by atoms with Crippen molar-refractivity contribution in [3.63, 3.8) is 0 Å². The van der Waals surface area contributed by atoms with E-state index in [1.807, 2.05) is 33.3 Å². The van der Waals surface area contributed by atoms with Crippen molar-refractivity contribution in [3.05, 3.63) is 23.8 Å². The van der Waals surface area contributed by atoms with Gasteiger partial charge in [-0.05, 0) is 52.5 Å². The Morgan fingerprint density at radius 1 is 1.29 bits per heavy atom. The quantitative estimate of drug-likeness (QED) is 0.427. The molecule has 0 atom stereocenters. The molecule has 1 N–H and O–H groups in total. The Morgan fingerprint density at radius 2 is 2.00 bits per heavy atom. The van der Waals surface area contributed by atoms with E-state index in [4.69, 9.17) is 9.47 Å². The molecule has 0 radical (unpaired) electrons. The van der Waals surface area contributed by atoms with Crippen LogP contribution >= 0.6 is 0 Å². The van der Waals surface area contributed by atoms with Gasteiger partial charge in [-0.25, -0.2) is 14.6 Å². The van der Waals surface area contributed by atoms with E-state index < -0.39 is 11.7 Å². The topological polar surface area (TPSA) is 82.5 Å². The van der Waals surface area contributed by atoms with Crippen molar-refractivity contribution in [3.8, 4) is 0 Å². The van der Waals surface area contributed by atoms with Gasteiger partial charge in [0, 0.05) is 24.4 Å². The monoisotopic (exact) mass is 391 g/mol. The van der Waals surface area contributed by atoms with Gasteiger partial charge < -0.3 is 19.4 Å². The van der Waals surface area contributed by atoms with Crippen LogP contribution in [0.25, 0.3) is 6.08 Å². The van der Waals surface area contributed by atoms with Crippen molar-refractivity contribution >= 4 is 18.1 Å². The molecular formula is C21H33N3O4. The molecule has 156 valence electrons. The number of carbonyl (C=O) groups is 2. The van der Waals surface area contributed by atoms with Crippen LogP contribution < -0.4 is 5.32 Å². The molecule has 0 spiro atoms. The number of carbonyl (C=O) groups excluding carboxylic acids is 2. The molecule has 0 saturated heterocycles. The number of aromatic nitrogens is 2. The van der Waals surface area contributed by atoms with Crippen LogP contribution in [0.5, 0.6) is 0 Å². The minimum atomic E-state index is -0.529. The van der Waals surface area contributed by atoms with Crippen molar-refractivity contribution in [1.29, 1.82) is 0 Å². The zero-order valence-electron chi connectivity index (χ0n) is 17.5. The number of rotatable bonds is 7. The number of imidazole rings is 1. The van der Waals surface area contributed by atoms with Gasteiger partial charge in [0.2, 0.25) is 0 Å². The summed E-state index contributed by atoms with van der Waals surface area (Å²) in [4.78, 5) is 28.2. The molecule has 0 aliphatic heterocycles. The molecule has 1 amide bonds. The van der Waals surface area contributed by atoms with E-state index in [-0.39, 0.29) is 5.97 Å². The van der Waals surface area contributed by atoms with Gasteiger partial charge in [-0.3, -0.25) is 0 Å². The second kappa shape index (κ2) is 10.3. The average molecular weight is 392 g/mol. The molecule has 0 aromatic carbocycles. The average Bonchev–Trinajstić information content (AvgIpc) is 3.11. The number of amides is 1. The zero-order valence-corrected chi connectivity index (χ0v) is 17.5. The maximum Gasteiger partial charge on any atom is 0.407 e. The lowest BCUT2D eigenvalue weighted by atomic mass is 9.95. The van der Waals surface area contributed by atoms with Crippen LogP contribution in [0.1, 0.15) is 77.5 Å². The summed E-state index contributed by atoms with van der Waals surface area (Å²) < 4.78 is 12.3. The lowest BCUT2D eigenvalue weighted by Crippen LogP contribution is -2.33. The van der Waals surface area contributed by atoms with Gasteiger partial charge in [-0.2, -0.15) is 0 Å². The highest BCUT2D eigenvalue weighted by atomic mass is 16.6. The molecule has 0 unspecified atom stereocenters. The number of nitrogens with one attached hydrogen (secondary N) is 1. The predicted molar refractivity (Wildman–Crippen MR) is 108 cm³/mol. The lowest BCUT2D eigenvalue weighted by Gasteiger charge is -2.22. The van der Waals surface area contributed by atoms with Gasteiger partial charge in [-0.1, -0.05) is 19.3 Å². The Balaban J connectivity index is 1.91. The molecule has 1 aromatic heterocycles. The molecule has 28 heavy (non-hydrogen) atoms. The minimum absolute atomic E-state index is 0.371. The maximum absolute atomic E-state index is 12.1. The summed E-state index contributed by atoms with van der Waals surface area (Å²) in [5, 5.41) is 2.70. The van der Waals surface area contributed by atoms with E-state index in [1.165, 1.54) is 39.2 Å². The zero-order chi connectivity index (χ0) is 20.6. The second-order valence-corrected chi connectivity index (χ2v) is 8.23. The van der Waals surface area contributed by atoms with Gasteiger partial charge in [-0.15, -0.1) is 0 Å². The Bertz CT molecular complexity index is 682. The number of nitrogens with zero attached hydrogens (tertiary/aromatic N) is 2. The highest BCUT2D eigenvalue weighted by Gasteiger charge is 2.17. The highest BCUT2D eigenvalue weighted by Crippen LogP contribution is 2.28. The summed E-state index contributed by atoms with van der Waals surface area (Å²) in [6.45, 7) is 5.87. The molecule has 7 nitrogen and oxygen atoms in total. The van der Waals surface area contributed by atoms with E-state index in [1.54, 1.807) is 6.08 Å². The van der Waals surface area contributed by atoms with Crippen LogP contribution in [0.15, 0.2) is 18.1 Å². The Labute approximate surface area is 167 Å². The molecule has 1 aromatic rings. The molecule has 7 heteroatoms. The van der Waals surface area contributed by atoms with E-state index in [9.17, 15) is 9.59 Å². The molecule has 1 aliphatic rings. The Hall–Kier alpha value is -2.31. The number of ether oxygens (including phenoxy) is 2. The Kier molecular flexibility index (Phi) is 8.08. The highest BCUT2D eigenvalue weighted by molar-refractivity contribution is 5.93. The number of alkyl carbamates (subject to hydrolysis) is 1. The molecule has 0 bridgehead atoms. The first kappa shape index (κ1) is 22.0. The van der Waals surface area contributed by atoms with Crippen LogP contribution in [0.4, 0.5) is 4.79 Å². The van der Waals surface area contributed by atoms with Crippen molar-refractivity contribution in [1.82, 2.24) is 14.9 Å². The van der Waals surface area contributed by atoms with Crippen LogP contribution in [0.3, 0.4) is 0 Å². The van der Waals surface area contributed by atoms with Crippen LogP contribution in [-0.4, -0.2) is 40.9 Å². The normalized spacial score (nSPS) is 15.9. The number of esters is 1. The third kappa shape index (κ3) is 7.37. The number of methoxy groups -OCH3 is 1. The second-order valence-electron chi connectivity index (χ2n) is 8.23. The smallest absolute Gasteiger partial charge is 0.407 e. The van der Waals surface area contributed by atoms with Crippen LogP contribution in [-0.2, 0) is 14.3 Å². The van der Waals surface area contributed by atoms with Gasteiger partial charge in [0.05, 0.1) is 19.1 Å². The number of hydrogen-bond acceptors (Lipinski definition) is 5. The van der Waals surface area contributed by atoms with Crippen LogP contribution in [0.2, 0.25) is 0 Å². The summed E-state index contributed by atoms with van der Waals surface area (Å²) in [6.07, 6.45) is 12.4. The number of hydrogen-bond donors (Lipinski definition) is 1. The van der Waals surface area contributed by atoms with Gasteiger partial charge in [0.25, 0.3) is 0 Å². The first-order valence-corrected chi connectivity index (χ1v) is 10.1. The van der Waals surface area contributed by atoms with Gasteiger partial charge in [0.1, 0.15) is 5.60 Å². The summed E-state index contributed by atoms with van der Waals surface area (Å²) >= 11 is 0. The molecular weight excluding hydrogens is 358 g/mol. The molecule has 1 fully saturated rings. The van der Waals surface area contributed by atoms with Crippen molar-refractivity contribution in [2.45, 2.75) is 77.4 Å². The van der Waals surface area contributed by atoms with E-state index in [0.29, 0.717) is 31.0 Å². The van der Waals surface area contributed by atoms with Crippen LogP contribution in [0, 0.1) is 0 Å². The van der Waals surface area contributed by atoms with Gasteiger partial charge >= 0.3 is 12.1 Å². The standard InChI is InChI=1S/C21H33N3O4/c1-21(2,3)28-20(26)22-12-8-9-16(19(25)27-4)13-17-14-24(15-23-17)18-10-6-5-7-11-18/h13-15,18H,5-12H2,1-4H3,(H,22,26)/b16-13+. The van der Waals surface area contributed by atoms with E-state index >= 15 is 0 Å². The third-order valence-corrected chi connectivity index (χ3v) is 4.68. The van der Waals surface area contributed by atoms with Crippen molar-refractivity contribution < 1.29 is 19.1 Å². The molecule has 1 saturated carbocycles. The van der Waals surface area contributed by atoms with Crippen molar-refractivity contribution in [2.75, 3.05) is 13.7 Å². The van der Waals surface area contributed by atoms with Gasteiger partial charge in [0.15, 0.2) is 0 Å². The molecule has 1 heterocycles. The van der Waals surface area contributed by atoms with E-state index in [2.05, 4.69) is 14.9 Å².